The molecule has 0 saturated carbocycles. The molecule has 2 aromatic rings. The van der Waals surface area contributed by atoms with Gasteiger partial charge in [-0.15, -0.1) is 0 Å². The molecule has 0 aliphatic carbocycles. The van der Waals surface area contributed by atoms with Crippen LogP contribution in [0, 0.1) is 13.8 Å². The highest BCUT2D eigenvalue weighted by Crippen LogP contribution is 2.29. The standard InChI is InChI=1S/C22H27N3O4/c1-14-11-18(16(3)25(14)15(2)13-29-5)19(26)12-24-20(27)22(4,23-21(24)28)17-9-7-6-8-10-17/h6-11,15H,12-13H2,1-5H3,(H,23,28). The van der Waals surface area contributed by atoms with E-state index in [1.165, 1.54) is 0 Å². The lowest BCUT2D eigenvalue weighted by molar-refractivity contribution is -0.130. The molecule has 7 nitrogen and oxygen atoms in total. The van der Waals surface area contributed by atoms with E-state index in [1.54, 1.807) is 32.2 Å². The highest BCUT2D eigenvalue weighted by Gasteiger charge is 2.49. The molecule has 29 heavy (non-hydrogen) atoms. The second kappa shape index (κ2) is 7.83. The summed E-state index contributed by atoms with van der Waals surface area (Å²) in [5, 5.41) is 2.73. The molecular weight excluding hydrogens is 370 g/mol. The molecule has 1 aliphatic rings. The maximum atomic E-state index is 13.0. The number of ether oxygens (including phenoxy) is 1. The first-order chi connectivity index (χ1) is 13.7. The minimum Gasteiger partial charge on any atom is -0.383 e. The third-order valence-electron chi connectivity index (χ3n) is 5.56. The second-order valence-electron chi connectivity index (χ2n) is 7.69. The molecule has 1 aromatic heterocycles. The summed E-state index contributed by atoms with van der Waals surface area (Å²) >= 11 is 0. The van der Waals surface area contributed by atoms with Gasteiger partial charge in [0.25, 0.3) is 5.91 Å². The third-order valence-corrected chi connectivity index (χ3v) is 5.56. The number of Topliss-reactive ketones (excluding diaryl/α,β-unsaturated/α-hetero) is 1. The Morgan fingerprint density at radius 1 is 1.21 bits per heavy atom. The van der Waals surface area contributed by atoms with Crippen molar-refractivity contribution in [3.05, 3.63) is 58.9 Å². The van der Waals surface area contributed by atoms with Crippen molar-refractivity contribution in [2.24, 2.45) is 0 Å². The van der Waals surface area contributed by atoms with Gasteiger partial charge in [-0.05, 0) is 39.3 Å². The normalized spacial score (nSPS) is 20.1. The van der Waals surface area contributed by atoms with Gasteiger partial charge in [0.05, 0.1) is 19.2 Å². The van der Waals surface area contributed by atoms with Crippen molar-refractivity contribution < 1.29 is 19.1 Å². The SMILES string of the molecule is COCC(C)n1c(C)cc(C(=O)CN2C(=O)NC(C)(c3ccccc3)C2=O)c1C. The summed E-state index contributed by atoms with van der Waals surface area (Å²) in [7, 11) is 1.64. The van der Waals surface area contributed by atoms with E-state index in [1.807, 2.05) is 43.5 Å². The summed E-state index contributed by atoms with van der Waals surface area (Å²) < 4.78 is 7.27. The number of hydrogen-bond donors (Lipinski definition) is 1. The number of imide groups is 1. The van der Waals surface area contributed by atoms with Gasteiger partial charge in [-0.2, -0.15) is 0 Å². The number of ketones is 1. The lowest BCUT2D eigenvalue weighted by Gasteiger charge is -2.22. The predicted molar refractivity (Wildman–Crippen MR) is 109 cm³/mol. The molecule has 1 aromatic carbocycles. The van der Waals surface area contributed by atoms with E-state index in [-0.39, 0.29) is 18.4 Å². The molecule has 1 N–H and O–H groups in total. The average molecular weight is 397 g/mol. The van der Waals surface area contributed by atoms with Crippen LogP contribution in [0.1, 0.15) is 47.2 Å². The Bertz CT molecular complexity index is 950. The Labute approximate surface area is 170 Å². The van der Waals surface area contributed by atoms with E-state index in [0.29, 0.717) is 17.7 Å². The maximum absolute atomic E-state index is 13.0. The molecule has 2 atom stereocenters. The zero-order chi connectivity index (χ0) is 21.3. The summed E-state index contributed by atoms with van der Waals surface area (Å²) in [4.78, 5) is 39.5. The largest absolute Gasteiger partial charge is 0.383 e. The van der Waals surface area contributed by atoms with E-state index in [9.17, 15) is 14.4 Å². The second-order valence-corrected chi connectivity index (χ2v) is 7.69. The van der Waals surface area contributed by atoms with Crippen LogP contribution in [0.3, 0.4) is 0 Å². The maximum Gasteiger partial charge on any atom is 0.325 e. The van der Waals surface area contributed by atoms with Crippen LogP contribution in [0.25, 0.3) is 0 Å². The van der Waals surface area contributed by atoms with Crippen molar-refractivity contribution in [2.75, 3.05) is 20.3 Å². The molecule has 1 fully saturated rings. The number of benzene rings is 1. The van der Waals surface area contributed by atoms with Crippen LogP contribution >= 0.6 is 0 Å². The van der Waals surface area contributed by atoms with Crippen LogP contribution in [0.15, 0.2) is 36.4 Å². The lowest BCUT2D eigenvalue weighted by Crippen LogP contribution is -2.41. The van der Waals surface area contributed by atoms with Crippen molar-refractivity contribution >= 4 is 17.7 Å². The van der Waals surface area contributed by atoms with E-state index in [2.05, 4.69) is 5.32 Å². The Balaban J connectivity index is 1.84. The Morgan fingerprint density at radius 3 is 2.48 bits per heavy atom. The van der Waals surface area contributed by atoms with Gasteiger partial charge in [-0.1, -0.05) is 30.3 Å². The predicted octanol–water partition coefficient (Wildman–Crippen LogP) is 2.96. The number of nitrogens with zero attached hydrogens (tertiary/aromatic N) is 2. The number of aryl methyl sites for hydroxylation is 1. The molecule has 3 amide bonds. The summed E-state index contributed by atoms with van der Waals surface area (Å²) in [5.74, 6) is -0.696. The molecule has 2 unspecified atom stereocenters. The number of amides is 3. The highest BCUT2D eigenvalue weighted by molar-refractivity contribution is 6.11. The van der Waals surface area contributed by atoms with Crippen LogP contribution in [0.4, 0.5) is 4.79 Å². The highest BCUT2D eigenvalue weighted by atomic mass is 16.5. The number of urea groups is 1. The van der Waals surface area contributed by atoms with Crippen molar-refractivity contribution in [1.29, 1.82) is 0 Å². The number of nitrogens with one attached hydrogen (secondary N) is 1. The van der Waals surface area contributed by atoms with Crippen LogP contribution < -0.4 is 5.32 Å². The van der Waals surface area contributed by atoms with Crippen LogP contribution in [-0.4, -0.2) is 47.4 Å². The Morgan fingerprint density at radius 2 is 1.86 bits per heavy atom. The van der Waals surface area contributed by atoms with Gasteiger partial charge in [-0.3, -0.25) is 14.5 Å². The average Bonchev–Trinajstić information content (AvgIpc) is 3.10. The molecule has 0 radical (unpaired) electrons. The van der Waals surface area contributed by atoms with Gasteiger partial charge < -0.3 is 14.6 Å². The van der Waals surface area contributed by atoms with E-state index < -0.39 is 17.5 Å². The fourth-order valence-corrected chi connectivity index (χ4v) is 4.09. The van der Waals surface area contributed by atoms with Crippen LogP contribution in [0.2, 0.25) is 0 Å². The Kier molecular flexibility index (Phi) is 5.61. The molecule has 1 aliphatic heterocycles. The van der Waals surface area contributed by atoms with Crippen molar-refractivity contribution in [3.63, 3.8) is 0 Å². The van der Waals surface area contributed by atoms with Gasteiger partial charge >= 0.3 is 6.03 Å². The number of hydrogen-bond acceptors (Lipinski definition) is 4. The molecule has 3 rings (SSSR count). The molecule has 0 spiro atoms. The molecule has 1 saturated heterocycles. The number of carbonyl (C=O) groups excluding carboxylic acids is 3. The summed E-state index contributed by atoms with van der Waals surface area (Å²) in [5.41, 5.74) is 1.75. The first-order valence-electron chi connectivity index (χ1n) is 9.61. The molecule has 2 heterocycles. The summed E-state index contributed by atoms with van der Waals surface area (Å²) in [6.45, 7) is 7.69. The molecule has 154 valence electrons. The van der Waals surface area contributed by atoms with E-state index >= 15 is 0 Å². The summed E-state index contributed by atoms with van der Waals surface area (Å²) in [6.07, 6.45) is 0. The monoisotopic (exact) mass is 397 g/mol. The summed E-state index contributed by atoms with van der Waals surface area (Å²) in [6, 6.07) is 10.3. The molecule has 0 bridgehead atoms. The van der Waals surface area contributed by atoms with Gasteiger partial charge in [0, 0.05) is 24.1 Å². The quantitative estimate of drug-likeness (QED) is 0.575. The first kappa shape index (κ1) is 20.8. The zero-order valence-corrected chi connectivity index (χ0v) is 17.5. The molecular formula is C22H27N3O4. The number of aromatic nitrogens is 1. The number of rotatable bonds is 7. The van der Waals surface area contributed by atoms with Gasteiger partial charge in [0.15, 0.2) is 5.78 Å². The van der Waals surface area contributed by atoms with Gasteiger partial charge in [0.2, 0.25) is 0 Å². The number of carbonyl (C=O) groups is 3. The van der Waals surface area contributed by atoms with Gasteiger partial charge in [-0.25, -0.2) is 4.79 Å². The fraction of sp³-hybridized carbons (Fsp3) is 0.409. The van der Waals surface area contributed by atoms with Gasteiger partial charge in [0.1, 0.15) is 5.54 Å². The van der Waals surface area contributed by atoms with Crippen LogP contribution in [-0.2, 0) is 15.1 Å². The smallest absolute Gasteiger partial charge is 0.325 e. The Hall–Kier alpha value is -2.93. The third kappa shape index (κ3) is 3.58. The lowest BCUT2D eigenvalue weighted by atomic mass is 9.92. The number of methoxy groups -OCH3 is 1. The molecule has 7 heteroatoms. The first-order valence-corrected chi connectivity index (χ1v) is 9.61. The zero-order valence-electron chi connectivity index (χ0n) is 17.5. The van der Waals surface area contributed by atoms with Crippen molar-refractivity contribution in [2.45, 2.75) is 39.3 Å². The van der Waals surface area contributed by atoms with Crippen molar-refractivity contribution in [1.82, 2.24) is 14.8 Å². The topological polar surface area (TPSA) is 80.6 Å². The van der Waals surface area contributed by atoms with E-state index in [0.717, 1.165) is 16.3 Å². The van der Waals surface area contributed by atoms with Crippen molar-refractivity contribution in [3.8, 4) is 0 Å². The van der Waals surface area contributed by atoms with E-state index in [4.69, 9.17) is 4.74 Å². The minimum atomic E-state index is -1.18. The fourth-order valence-electron chi connectivity index (χ4n) is 4.09. The minimum absolute atomic E-state index is 0.0691. The van der Waals surface area contributed by atoms with Crippen LogP contribution in [0.5, 0.6) is 0 Å².